The Kier molecular flexibility index (Phi) is 5.67. The molecule has 0 bridgehead atoms. The second kappa shape index (κ2) is 7.50. The summed E-state index contributed by atoms with van der Waals surface area (Å²) < 4.78 is 0. The number of hydrogen-bond acceptors (Lipinski definition) is 4. The predicted molar refractivity (Wildman–Crippen MR) is 83.4 cm³/mol. The molecule has 5 nitrogen and oxygen atoms in total. The number of carbonyl (C=O) groups is 1. The van der Waals surface area contributed by atoms with Crippen LogP contribution in [0.5, 0.6) is 0 Å². The molecule has 0 spiro atoms. The molecule has 0 radical (unpaired) electrons. The Hall–Kier alpha value is -1.49. The summed E-state index contributed by atoms with van der Waals surface area (Å²) in [5.74, 6) is 0.104. The van der Waals surface area contributed by atoms with Gasteiger partial charge in [-0.15, -0.1) is 0 Å². The normalized spacial score (nSPS) is 18.8. The van der Waals surface area contributed by atoms with Gasteiger partial charge in [0.15, 0.2) is 0 Å². The molecule has 1 atom stereocenters. The van der Waals surface area contributed by atoms with Crippen LogP contribution in [0.2, 0.25) is 0 Å². The molecule has 1 aliphatic heterocycles. The third-order valence-electron chi connectivity index (χ3n) is 3.95. The van der Waals surface area contributed by atoms with Crippen LogP contribution in [0.1, 0.15) is 54.9 Å². The van der Waals surface area contributed by atoms with E-state index in [4.69, 9.17) is 0 Å². The second-order valence-electron chi connectivity index (χ2n) is 5.74. The number of hydrogen-bond donors (Lipinski definition) is 1. The zero-order valence-corrected chi connectivity index (χ0v) is 13.4. The Morgan fingerprint density at radius 1 is 1.43 bits per heavy atom. The Morgan fingerprint density at radius 3 is 2.95 bits per heavy atom. The lowest BCUT2D eigenvalue weighted by molar-refractivity contribution is 0.0693. The molecule has 1 aromatic rings. The molecule has 5 heteroatoms. The molecule has 21 heavy (non-hydrogen) atoms. The van der Waals surface area contributed by atoms with Gasteiger partial charge in [-0.05, 0) is 45.2 Å². The molecule has 116 valence electrons. The van der Waals surface area contributed by atoms with E-state index in [2.05, 4.69) is 22.4 Å². The van der Waals surface area contributed by atoms with Gasteiger partial charge in [0.25, 0.3) is 5.91 Å². The first-order valence-electron chi connectivity index (χ1n) is 8.01. The Labute approximate surface area is 127 Å². The maximum absolute atomic E-state index is 12.8. The van der Waals surface area contributed by atoms with Crippen LogP contribution in [-0.2, 0) is 6.42 Å². The Bertz CT molecular complexity index is 489. The van der Waals surface area contributed by atoms with Crippen LogP contribution < -0.4 is 5.32 Å². The van der Waals surface area contributed by atoms with Crippen LogP contribution >= 0.6 is 0 Å². The highest BCUT2D eigenvalue weighted by Crippen LogP contribution is 2.16. The van der Waals surface area contributed by atoms with Crippen LogP contribution in [0.25, 0.3) is 0 Å². The summed E-state index contributed by atoms with van der Waals surface area (Å²) in [6, 6.07) is 2.29. The number of aromatic nitrogens is 2. The molecule has 2 heterocycles. The molecule has 1 saturated heterocycles. The molecule has 1 N–H and O–H groups in total. The molecule has 0 saturated carbocycles. The summed E-state index contributed by atoms with van der Waals surface area (Å²) in [6.45, 7) is 8.71. The first kappa shape index (κ1) is 15.9. The van der Waals surface area contributed by atoms with Gasteiger partial charge in [0.2, 0.25) is 0 Å². The minimum Gasteiger partial charge on any atom is -0.337 e. The third-order valence-corrected chi connectivity index (χ3v) is 3.95. The summed E-state index contributed by atoms with van der Waals surface area (Å²) in [7, 11) is 0. The number of likely N-dealkylation sites (tertiary alicyclic amines) is 1. The fourth-order valence-electron chi connectivity index (χ4n) is 2.81. The van der Waals surface area contributed by atoms with E-state index in [9.17, 15) is 4.79 Å². The molecule has 0 aromatic carbocycles. The van der Waals surface area contributed by atoms with Gasteiger partial charge in [0, 0.05) is 19.1 Å². The molecule has 0 aliphatic carbocycles. The van der Waals surface area contributed by atoms with Crippen LogP contribution in [-0.4, -0.2) is 46.7 Å². The average Bonchev–Trinajstić information content (AvgIpc) is 2.52. The fourth-order valence-corrected chi connectivity index (χ4v) is 2.81. The van der Waals surface area contributed by atoms with E-state index in [0.29, 0.717) is 6.04 Å². The summed E-state index contributed by atoms with van der Waals surface area (Å²) in [5.41, 5.74) is 2.32. The van der Waals surface area contributed by atoms with Crippen molar-refractivity contribution < 1.29 is 4.79 Å². The highest BCUT2D eigenvalue weighted by Gasteiger charge is 2.25. The van der Waals surface area contributed by atoms with Crippen molar-refractivity contribution in [2.45, 2.75) is 52.5 Å². The number of piperidine rings is 1. The van der Waals surface area contributed by atoms with Gasteiger partial charge in [-0.1, -0.05) is 13.8 Å². The summed E-state index contributed by atoms with van der Waals surface area (Å²) in [4.78, 5) is 14.7. The van der Waals surface area contributed by atoms with Crippen molar-refractivity contribution in [1.82, 2.24) is 20.4 Å². The molecule has 1 fully saturated rings. The quantitative estimate of drug-likeness (QED) is 0.900. The first-order valence-corrected chi connectivity index (χ1v) is 8.01. The van der Waals surface area contributed by atoms with E-state index >= 15 is 0 Å². The average molecular weight is 290 g/mol. The fraction of sp³-hybridized carbons (Fsp3) is 0.688. The lowest BCUT2D eigenvalue weighted by atomic mass is 10.0. The van der Waals surface area contributed by atoms with Crippen molar-refractivity contribution in [3.8, 4) is 0 Å². The topological polar surface area (TPSA) is 58.1 Å². The highest BCUT2D eigenvalue weighted by atomic mass is 16.2. The second-order valence-corrected chi connectivity index (χ2v) is 5.74. The molecular formula is C16H26N4O. The number of nitrogens with zero attached hydrogens (tertiary/aromatic N) is 3. The minimum atomic E-state index is 0.104. The van der Waals surface area contributed by atoms with Gasteiger partial charge >= 0.3 is 0 Å². The minimum absolute atomic E-state index is 0.104. The van der Waals surface area contributed by atoms with Crippen LogP contribution in [0.3, 0.4) is 0 Å². The molecule has 1 amide bonds. The van der Waals surface area contributed by atoms with E-state index in [-0.39, 0.29) is 5.91 Å². The maximum Gasteiger partial charge on any atom is 0.255 e. The lowest BCUT2D eigenvalue weighted by Gasteiger charge is -2.33. The smallest absolute Gasteiger partial charge is 0.255 e. The molecular weight excluding hydrogens is 264 g/mol. The Morgan fingerprint density at radius 2 is 2.24 bits per heavy atom. The van der Waals surface area contributed by atoms with Gasteiger partial charge in [-0.2, -0.15) is 10.2 Å². The predicted octanol–water partition coefficient (Wildman–Crippen LogP) is 1.95. The zero-order valence-electron chi connectivity index (χ0n) is 13.4. The summed E-state index contributed by atoms with van der Waals surface area (Å²) >= 11 is 0. The van der Waals surface area contributed by atoms with Crippen LogP contribution in [0.4, 0.5) is 0 Å². The molecule has 1 aromatic heterocycles. The summed E-state index contributed by atoms with van der Waals surface area (Å²) in [5, 5.41) is 11.8. The molecule has 1 aliphatic rings. The maximum atomic E-state index is 12.8. The van der Waals surface area contributed by atoms with Crippen molar-refractivity contribution >= 4 is 5.91 Å². The standard InChI is InChI=1S/C16H26N4O/c1-4-8-17-13-7-6-9-20(11-13)16(21)14-10-12(3)18-19-15(14)5-2/h10,13,17H,4-9,11H2,1-3H3. The van der Waals surface area contributed by atoms with Crippen molar-refractivity contribution in [3.05, 3.63) is 23.0 Å². The molecule has 2 rings (SSSR count). The van der Waals surface area contributed by atoms with Crippen LogP contribution in [0, 0.1) is 6.92 Å². The molecule has 1 unspecified atom stereocenters. The van der Waals surface area contributed by atoms with E-state index in [1.54, 1.807) is 0 Å². The van der Waals surface area contributed by atoms with E-state index in [1.165, 1.54) is 0 Å². The van der Waals surface area contributed by atoms with E-state index in [0.717, 1.165) is 62.3 Å². The highest BCUT2D eigenvalue weighted by molar-refractivity contribution is 5.95. The number of nitrogens with one attached hydrogen (secondary N) is 1. The zero-order chi connectivity index (χ0) is 15.2. The van der Waals surface area contributed by atoms with Gasteiger partial charge < -0.3 is 10.2 Å². The van der Waals surface area contributed by atoms with E-state index < -0.39 is 0 Å². The van der Waals surface area contributed by atoms with Crippen molar-refractivity contribution in [2.24, 2.45) is 0 Å². The van der Waals surface area contributed by atoms with Crippen molar-refractivity contribution in [1.29, 1.82) is 0 Å². The SMILES string of the molecule is CCCNC1CCCN(C(=O)c2cc(C)nnc2CC)C1. The lowest BCUT2D eigenvalue weighted by Crippen LogP contribution is -2.48. The van der Waals surface area contributed by atoms with Crippen molar-refractivity contribution in [3.63, 3.8) is 0 Å². The number of amides is 1. The number of carbonyl (C=O) groups excluding carboxylic acids is 1. The van der Waals surface area contributed by atoms with Gasteiger partial charge in [-0.3, -0.25) is 4.79 Å². The Balaban J connectivity index is 2.10. The van der Waals surface area contributed by atoms with Crippen molar-refractivity contribution in [2.75, 3.05) is 19.6 Å². The van der Waals surface area contributed by atoms with E-state index in [1.807, 2.05) is 24.8 Å². The third kappa shape index (κ3) is 4.00. The summed E-state index contributed by atoms with van der Waals surface area (Å²) in [6.07, 6.45) is 4.07. The largest absolute Gasteiger partial charge is 0.337 e. The van der Waals surface area contributed by atoms with Gasteiger partial charge in [0.05, 0.1) is 17.0 Å². The first-order chi connectivity index (χ1) is 10.2. The van der Waals surface area contributed by atoms with Crippen LogP contribution in [0.15, 0.2) is 6.07 Å². The number of rotatable bonds is 5. The van der Waals surface area contributed by atoms with Gasteiger partial charge in [0.1, 0.15) is 0 Å². The number of aryl methyl sites for hydroxylation is 2. The monoisotopic (exact) mass is 290 g/mol. The van der Waals surface area contributed by atoms with Gasteiger partial charge in [-0.25, -0.2) is 0 Å².